The Morgan fingerprint density at radius 3 is 2.74 bits per heavy atom. The highest BCUT2D eigenvalue weighted by Gasteiger charge is 2.33. The Labute approximate surface area is 130 Å². The lowest BCUT2D eigenvalue weighted by Crippen LogP contribution is -2.48. The summed E-state index contributed by atoms with van der Waals surface area (Å²) < 4.78 is 38.9. The molecule has 122 valence electrons. The Morgan fingerprint density at radius 1 is 1.35 bits per heavy atom. The van der Waals surface area contributed by atoms with E-state index in [1.165, 1.54) is 12.3 Å². The first-order chi connectivity index (χ1) is 10.9. The molecule has 2 N–H and O–H groups in total. The van der Waals surface area contributed by atoms with Gasteiger partial charge in [0.05, 0.1) is 5.69 Å². The average molecular weight is 324 g/mol. The van der Waals surface area contributed by atoms with E-state index in [0.29, 0.717) is 23.7 Å². The fourth-order valence-corrected chi connectivity index (χ4v) is 2.24. The van der Waals surface area contributed by atoms with E-state index in [1.54, 1.807) is 18.2 Å². The van der Waals surface area contributed by atoms with Gasteiger partial charge in [-0.15, -0.1) is 0 Å². The number of benzene rings is 1. The Bertz CT molecular complexity index is 707. The molecule has 0 bridgehead atoms. The Hall–Kier alpha value is -2.35. The maximum Gasteiger partial charge on any atom is 0.435 e. The summed E-state index contributed by atoms with van der Waals surface area (Å²) in [5.74, 6) is 0.185. The monoisotopic (exact) mass is 324 g/mol. The molecule has 1 aliphatic heterocycles. The molecule has 23 heavy (non-hydrogen) atoms. The summed E-state index contributed by atoms with van der Waals surface area (Å²) in [5, 5.41) is 9.44. The number of nitrogens with one attached hydrogen (secondary N) is 2. The van der Waals surface area contributed by atoms with Gasteiger partial charge in [-0.3, -0.25) is 4.79 Å². The molecule has 2 heterocycles. The standard InChI is InChI=1S/C15H15F3N4O/c16-15(17,18)13-4-5-22(21-13)12-3-1-2-11(6-12)14(23)20-9-10-7-19-8-10/h1-6,10,19H,7-9H2,(H,20,23). The highest BCUT2D eigenvalue weighted by Crippen LogP contribution is 2.27. The molecule has 1 fully saturated rings. The fourth-order valence-electron chi connectivity index (χ4n) is 2.24. The highest BCUT2D eigenvalue weighted by atomic mass is 19.4. The van der Waals surface area contributed by atoms with Gasteiger partial charge in [0.15, 0.2) is 5.69 Å². The predicted octanol–water partition coefficient (Wildman–Crippen LogP) is 1.84. The van der Waals surface area contributed by atoms with Crippen molar-refractivity contribution < 1.29 is 18.0 Å². The third-order valence-electron chi connectivity index (χ3n) is 3.67. The number of carbonyl (C=O) groups excluding carboxylic acids is 1. The minimum absolute atomic E-state index is 0.248. The van der Waals surface area contributed by atoms with Crippen LogP contribution in [0.5, 0.6) is 0 Å². The van der Waals surface area contributed by atoms with E-state index in [1.807, 2.05) is 0 Å². The molecule has 3 rings (SSSR count). The van der Waals surface area contributed by atoms with Gasteiger partial charge in [-0.2, -0.15) is 18.3 Å². The summed E-state index contributed by atoms with van der Waals surface area (Å²) >= 11 is 0. The SMILES string of the molecule is O=C(NCC1CNC1)c1cccc(-n2ccc(C(F)(F)F)n2)c1. The lowest BCUT2D eigenvalue weighted by Gasteiger charge is -2.27. The lowest BCUT2D eigenvalue weighted by molar-refractivity contribution is -0.141. The van der Waals surface area contributed by atoms with Crippen LogP contribution in [0.2, 0.25) is 0 Å². The molecular formula is C15H15F3N4O. The number of rotatable bonds is 4. The van der Waals surface area contributed by atoms with Gasteiger partial charge < -0.3 is 10.6 Å². The van der Waals surface area contributed by atoms with E-state index in [-0.39, 0.29) is 5.91 Å². The van der Waals surface area contributed by atoms with E-state index in [2.05, 4.69) is 15.7 Å². The van der Waals surface area contributed by atoms with Crippen molar-refractivity contribution in [3.8, 4) is 5.69 Å². The van der Waals surface area contributed by atoms with Crippen molar-refractivity contribution in [2.45, 2.75) is 6.18 Å². The van der Waals surface area contributed by atoms with E-state index in [4.69, 9.17) is 0 Å². The van der Waals surface area contributed by atoms with E-state index in [9.17, 15) is 18.0 Å². The molecule has 5 nitrogen and oxygen atoms in total. The molecular weight excluding hydrogens is 309 g/mol. The zero-order valence-corrected chi connectivity index (χ0v) is 12.1. The number of carbonyl (C=O) groups is 1. The van der Waals surface area contributed by atoms with Crippen molar-refractivity contribution in [1.82, 2.24) is 20.4 Å². The third-order valence-corrected chi connectivity index (χ3v) is 3.67. The quantitative estimate of drug-likeness (QED) is 0.902. The smallest absolute Gasteiger partial charge is 0.352 e. The van der Waals surface area contributed by atoms with Gasteiger partial charge in [-0.1, -0.05) is 6.07 Å². The van der Waals surface area contributed by atoms with E-state index < -0.39 is 11.9 Å². The van der Waals surface area contributed by atoms with Crippen LogP contribution in [0.4, 0.5) is 13.2 Å². The third kappa shape index (κ3) is 3.53. The van der Waals surface area contributed by atoms with Crippen LogP contribution >= 0.6 is 0 Å². The van der Waals surface area contributed by atoms with Gasteiger partial charge >= 0.3 is 6.18 Å². The van der Waals surface area contributed by atoms with Gasteiger partial charge in [-0.25, -0.2) is 4.68 Å². The molecule has 1 saturated heterocycles. The zero-order valence-electron chi connectivity index (χ0n) is 12.1. The second-order valence-corrected chi connectivity index (χ2v) is 5.43. The van der Waals surface area contributed by atoms with Crippen LogP contribution < -0.4 is 10.6 Å². The molecule has 8 heteroatoms. The Morgan fingerprint density at radius 2 is 2.13 bits per heavy atom. The highest BCUT2D eigenvalue weighted by molar-refractivity contribution is 5.94. The van der Waals surface area contributed by atoms with Gasteiger partial charge in [0.1, 0.15) is 0 Å². The topological polar surface area (TPSA) is 59.0 Å². The van der Waals surface area contributed by atoms with E-state index in [0.717, 1.165) is 23.8 Å². The van der Waals surface area contributed by atoms with Crippen LogP contribution in [-0.2, 0) is 6.18 Å². The number of halogens is 3. The van der Waals surface area contributed by atoms with Crippen molar-refractivity contribution >= 4 is 5.91 Å². The fraction of sp³-hybridized carbons (Fsp3) is 0.333. The second kappa shape index (κ2) is 6.04. The van der Waals surface area contributed by atoms with Crippen LogP contribution in [0.15, 0.2) is 36.5 Å². The molecule has 1 aliphatic rings. The number of aromatic nitrogens is 2. The number of nitrogens with zero attached hydrogens (tertiary/aromatic N) is 2. The van der Waals surface area contributed by atoms with Crippen LogP contribution in [-0.4, -0.2) is 35.3 Å². The molecule has 0 atom stereocenters. The predicted molar refractivity (Wildman–Crippen MR) is 77.3 cm³/mol. The molecule has 0 radical (unpaired) electrons. The molecule has 0 unspecified atom stereocenters. The minimum Gasteiger partial charge on any atom is -0.352 e. The first-order valence-corrected chi connectivity index (χ1v) is 7.16. The van der Waals surface area contributed by atoms with Crippen LogP contribution in [0, 0.1) is 5.92 Å². The van der Waals surface area contributed by atoms with Crippen molar-refractivity contribution in [1.29, 1.82) is 0 Å². The average Bonchev–Trinajstić information content (AvgIpc) is 2.95. The van der Waals surface area contributed by atoms with Crippen molar-refractivity contribution in [2.24, 2.45) is 5.92 Å². The molecule has 0 saturated carbocycles. The summed E-state index contributed by atoms with van der Waals surface area (Å²) in [7, 11) is 0. The molecule has 1 aromatic heterocycles. The number of hydrogen-bond donors (Lipinski definition) is 2. The Kier molecular flexibility index (Phi) is 4.08. The minimum atomic E-state index is -4.49. The van der Waals surface area contributed by atoms with Crippen LogP contribution in [0.25, 0.3) is 5.69 Å². The lowest BCUT2D eigenvalue weighted by atomic mass is 10.0. The largest absolute Gasteiger partial charge is 0.435 e. The maximum absolute atomic E-state index is 12.6. The molecule has 2 aromatic rings. The zero-order chi connectivity index (χ0) is 16.4. The summed E-state index contributed by atoms with van der Waals surface area (Å²) in [6.45, 7) is 2.34. The second-order valence-electron chi connectivity index (χ2n) is 5.43. The van der Waals surface area contributed by atoms with Gasteiger partial charge in [-0.05, 0) is 24.3 Å². The normalized spacial score (nSPS) is 15.3. The molecule has 0 aliphatic carbocycles. The van der Waals surface area contributed by atoms with Crippen LogP contribution in [0.3, 0.4) is 0 Å². The van der Waals surface area contributed by atoms with Crippen LogP contribution in [0.1, 0.15) is 16.1 Å². The van der Waals surface area contributed by atoms with Crippen molar-refractivity contribution in [2.75, 3.05) is 19.6 Å². The van der Waals surface area contributed by atoms with Gasteiger partial charge in [0.25, 0.3) is 5.91 Å². The maximum atomic E-state index is 12.6. The molecule has 1 aromatic carbocycles. The number of hydrogen-bond acceptors (Lipinski definition) is 3. The first kappa shape index (κ1) is 15.5. The first-order valence-electron chi connectivity index (χ1n) is 7.16. The summed E-state index contributed by atoms with van der Waals surface area (Å²) in [5.41, 5.74) is -0.179. The van der Waals surface area contributed by atoms with Crippen molar-refractivity contribution in [3.63, 3.8) is 0 Å². The molecule has 1 amide bonds. The van der Waals surface area contributed by atoms with Crippen molar-refractivity contribution in [3.05, 3.63) is 47.8 Å². The Balaban J connectivity index is 1.73. The number of amides is 1. The summed E-state index contributed by atoms with van der Waals surface area (Å²) in [6, 6.07) is 7.24. The summed E-state index contributed by atoms with van der Waals surface area (Å²) in [6.07, 6.45) is -3.27. The number of alkyl halides is 3. The van der Waals surface area contributed by atoms with Gasteiger partial charge in [0.2, 0.25) is 0 Å². The van der Waals surface area contributed by atoms with E-state index >= 15 is 0 Å². The summed E-state index contributed by atoms with van der Waals surface area (Å²) in [4.78, 5) is 12.1. The molecule has 0 spiro atoms. The van der Waals surface area contributed by atoms with Gasteiger partial charge in [0, 0.05) is 37.3 Å².